The molecule has 0 aromatic carbocycles. The third-order valence-corrected chi connectivity index (χ3v) is 4.65. The molecule has 0 radical (unpaired) electrons. The van der Waals surface area contributed by atoms with Crippen LogP contribution in [-0.2, 0) is 11.3 Å². The highest BCUT2D eigenvalue weighted by Gasteiger charge is 2.42. The minimum Gasteiger partial charge on any atom is -0.381 e. The highest BCUT2D eigenvalue weighted by Crippen LogP contribution is 2.38. The van der Waals surface area contributed by atoms with Gasteiger partial charge in [-0.2, -0.15) is 0 Å². The van der Waals surface area contributed by atoms with Crippen molar-refractivity contribution in [3.05, 3.63) is 18.7 Å². The third-order valence-electron chi connectivity index (χ3n) is 4.65. The SMILES string of the molecule is CCNC(=NCCCn1ccnc1)N1CCC2(CCOC2)C1.I. The Bertz CT molecular complexity index is 485. The molecule has 1 aromatic rings. The van der Waals surface area contributed by atoms with Gasteiger partial charge >= 0.3 is 0 Å². The van der Waals surface area contributed by atoms with Gasteiger partial charge in [0.05, 0.1) is 12.9 Å². The van der Waals surface area contributed by atoms with Crippen LogP contribution in [-0.4, -0.2) is 59.8 Å². The Hall–Kier alpha value is -0.830. The van der Waals surface area contributed by atoms with Gasteiger partial charge in [-0.25, -0.2) is 4.98 Å². The number of guanidine groups is 1. The molecule has 3 rings (SSSR count). The molecule has 6 nitrogen and oxygen atoms in total. The first-order valence-electron chi connectivity index (χ1n) is 8.38. The normalized spacial score (nSPS) is 24.2. The summed E-state index contributed by atoms with van der Waals surface area (Å²) in [6.45, 7) is 8.89. The van der Waals surface area contributed by atoms with Crippen LogP contribution in [0.4, 0.5) is 0 Å². The maximum absolute atomic E-state index is 5.61. The number of nitrogens with zero attached hydrogens (tertiary/aromatic N) is 4. The summed E-state index contributed by atoms with van der Waals surface area (Å²) in [6.07, 6.45) is 9.14. The number of rotatable bonds is 5. The van der Waals surface area contributed by atoms with E-state index in [2.05, 4.69) is 26.7 Å². The molecule has 1 N–H and O–H groups in total. The highest BCUT2D eigenvalue weighted by atomic mass is 127. The quantitative estimate of drug-likeness (QED) is 0.334. The van der Waals surface area contributed by atoms with Crippen molar-refractivity contribution in [3.8, 4) is 0 Å². The van der Waals surface area contributed by atoms with Crippen LogP contribution in [0.5, 0.6) is 0 Å². The fourth-order valence-corrected chi connectivity index (χ4v) is 3.37. The van der Waals surface area contributed by atoms with Gasteiger partial charge in [0.2, 0.25) is 0 Å². The van der Waals surface area contributed by atoms with E-state index in [1.165, 1.54) is 12.8 Å². The maximum atomic E-state index is 5.61. The van der Waals surface area contributed by atoms with E-state index in [9.17, 15) is 0 Å². The number of nitrogens with one attached hydrogen (secondary N) is 1. The molecule has 2 aliphatic heterocycles. The molecule has 0 saturated carbocycles. The van der Waals surface area contributed by atoms with E-state index < -0.39 is 0 Å². The zero-order chi connectivity index (χ0) is 15.3. The van der Waals surface area contributed by atoms with E-state index in [1.54, 1.807) is 0 Å². The van der Waals surface area contributed by atoms with Crippen molar-refractivity contribution in [2.45, 2.75) is 32.7 Å². The molecule has 1 aromatic heterocycles. The molecule has 1 unspecified atom stereocenters. The van der Waals surface area contributed by atoms with Crippen molar-refractivity contribution in [3.63, 3.8) is 0 Å². The highest BCUT2D eigenvalue weighted by molar-refractivity contribution is 14.0. The summed E-state index contributed by atoms with van der Waals surface area (Å²) >= 11 is 0. The van der Waals surface area contributed by atoms with E-state index in [0.29, 0.717) is 5.41 Å². The van der Waals surface area contributed by atoms with Crippen molar-refractivity contribution in [1.29, 1.82) is 0 Å². The summed E-state index contributed by atoms with van der Waals surface area (Å²) in [5.41, 5.74) is 0.382. The Morgan fingerprint density at radius 3 is 3.04 bits per heavy atom. The minimum atomic E-state index is 0. The lowest BCUT2D eigenvalue weighted by molar-refractivity contribution is 0.156. The predicted octanol–water partition coefficient (Wildman–Crippen LogP) is 1.97. The smallest absolute Gasteiger partial charge is 0.193 e. The molecule has 23 heavy (non-hydrogen) atoms. The Labute approximate surface area is 155 Å². The molecule has 2 aliphatic rings. The summed E-state index contributed by atoms with van der Waals surface area (Å²) < 4.78 is 7.71. The summed E-state index contributed by atoms with van der Waals surface area (Å²) in [7, 11) is 0. The lowest BCUT2D eigenvalue weighted by Gasteiger charge is -2.25. The van der Waals surface area contributed by atoms with Crippen molar-refractivity contribution in [2.75, 3.05) is 39.4 Å². The van der Waals surface area contributed by atoms with Gasteiger partial charge in [0.25, 0.3) is 0 Å². The fourth-order valence-electron chi connectivity index (χ4n) is 3.37. The van der Waals surface area contributed by atoms with Crippen LogP contribution < -0.4 is 5.32 Å². The average Bonchev–Trinajstić information content (AvgIpc) is 3.26. The van der Waals surface area contributed by atoms with Gasteiger partial charge in [0.1, 0.15) is 0 Å². The summed E-state index contributed by atoms with van der Waals surface area (Å²) in [5.74, 6) is 1.07. The molecule has 0 amide bonds. The number of imidazole rings is 1. The molecule has 130 valence electrons. The molecular formula is C16H28IN5O. The Kier molecular flexibility index (Phi) is 7.13. The monoisotopic (exact) mass is 433 g/mol. The number of aryl methyl sites for hydroxylation is 1. The van der Waals surface area contributed by atoms with Crippen molar-refractivity contribution >= 4 is 29.9 Å². The first-order valence-corrected chi connectivity index (χ1v) is 8.38. The number of aliphatic imine (C=N–C) groups is 1. The van der Waals surface area contributed by atoms with Crippen LogP contribution in [0.3, 0.4) is 0 Å². The van der Waals surface area contributed by atoms with Crippen LogP contribution in [0.25, 0.3) is 0 Å². The van der Waals surface area contributed by atoms with Crippen LogP contribution in [0.15, 0.2) is 23.7 Å². The van der Waals surface area contributed by atoms with E-state index >= 15 is 0 Å². The van der Waals surface area contributed by atoms with Gasteiger partial charge in [0, 0.05) is 57.1 Å². The van der Waals surface area contributed by atoms with Crippen molar-refractivity contribution < 1.29 is 4.74 Å². The molecule has 0 aliphatic carbocycles. The lowest BCUT2D eigenvalue weighted by atomic mass is 9.87. The lowest BCUT2D eigenvalue weighted by Crippen LogP contribution is -2.41. The predicted molar refractivity (Wildman–Crippen MR) is 102 cm³/mol. The second-order valence-corrected chi connectivity index (χ2v) is 6.36. The first kappa shape index (κ1) is 18.5. The molecule has 1 spiro atoms. The first-order chi connectivity index (χ1) is 10.8. The summed E-state index contributed by atoms with van der Waals surface area (Å²) in [5, 5.41) is 3.44. The molecule has 2 fully saturated rings. The number of hydrogen-bond donors (Lipinski definition) is 1. The summed E-state index contributed by atoms with van der Waals surface area (Å²) in [6, 6.07) is 0. The maximum Gasteiger partial charge on any atom is 0.193 e. The Morgan fingerprint density at radius 2 is 2.35 bits per heavy atom. The molecule has 0 bridgehead atoms. The Balaban J connectivity index is 0.00000192. The van der Waals surface area contributed by atoms with Gasteiger partial charge in [-0.3, -0.25) is 4.99 Å². The number of likely N-dealkylation sites (tertiary alicyclic amines) is 1. The van der Waals surface area contributed by atoms with Crippen molar-refractivity contribution in [1.82, 2.24) is 19.8 Å². The summed E-state index contributed by atoms with van der Waals surface area (Å²) in [4.78, 5) is 11.3. The molecule has 7 heteroatoms. The van der Waals surface area contributed by atoms with Crippen LogP contribution >= 0.6 is 24.0 Å². The molecule has 3 heterocycles. The van der Waals surface area contributed by atoms with E-state index in [4.69, 9.17) is 9.73 Å². The Morgan fingerprint density at radius 1 is 1.43 bits per heavy atom. The van der Waals surface area contributed by atoms with Crippen molar-refractivity contribution in [2.24, 2.45) is 10.4 Å². The number of halogens is 1. The largest absolute Gasteiger partial charge is 0.381 e. The van der Waals surface area contributed by atoms with Gasteiger partial charge in [-0.15, -0.1) is 24.0 Å². The number of aromatic nitrogens is 2. The number of ether oxygens (including phenoxy) is 1. The average molecular weight is 433 g/mol. The zero-order valence-electron chi connectivity index (χ0n) is 13.9. The third kappa shape index (κ3) is 4.82. The zero-order valence-corrected chi connectivity index (χ0v) is 16.2. The standard InChI is InChI=1S/C16H27N5O.HI/c1-2-18-15(19-6-3-8-20-10-7-17-14-20)21-9-4-16(12-21)5-11-22-13-16;/h7,10,14H,2-6,8-9,11-13H2,1H3,(H,18,19);1H. The van der Waals surface area contributed by atoms with E-state index in [-0.39, 0.29) is 24.0 Å². The van der Waals surface area contributed by atoms with Gasteiger partial charge in [-0.05, 0) is 26.2 Å². The van der Waals surface area contributed by atoms with Crippen LogP contribution in [0.1, 0.15) is 26.2 Å². The van der Waals surface area contributed by atoms with Crippen LogP contribution in [0.2, 0.25) is 0 Å². The van der Waals surface area contributed by atoms with Crippen LogP contribution in [0, 0.1) is 5.41 Å². The van der Waals surface area contributed by atoms with E-state index in [1.807, 2.05) is 18.7 Å². The van der Waals surface area contributed by atoms with Gasteiger partial charge in [-0.1, -0.05) is 0 Å². The molecule has 2 saturated heterocycles. The fraction of sp³-hybridized carbons (Fsp3) is 0.750. The minimum absolute atomic E-state index is 0. The molecule has 1 atom stereocenters. The second kappa shape index (κ2) is 8.86. The van der Waals surface area contributed by atoms with E-state index in [0.717, 1.165) is 58.3 Å². The molecular weight excluding hydrogens is 405 g/mol. The topological polar surface area (TPSA) is 54.7 Å². The van der Waals surface area contributed by atoms with Gasteiger partial charge < -0.3 is 19.5 Å². The number of hydrogen-bond acceptors (Lipinski definition) is 3. The second-order valence-electron chi connectivity index (χ2n) is 6.36. The van der Waals surface area contributed by atoms with Gasteiger partial charge in [0.15, 0.2) is 5.96 Å².